The van der Waals surface area contributed by atoms with Crippen LogP contribution in [0.1, 0.15) is 36.8 Å². The van der Waals surface area contributed by atoms with E-state index in [1.807, 2.05) is 11.8 Å². The molecule has 1 aliphatic heterocycles. The molecule has 3 nitrogen and oxygen atoms in total. The number of nitrogens with zero attached hydrogens (tertiary/aromatic N) is 1. The van der Waals surface area contributed by atoms with Gasteiger partial charge in [-0.2, -0.15) is 0 Å². The van der Waals surface area contributed by atoms with Crippen LogP contribution in [0.25, 0.3) is 0 Å². The standard InChI is InChI=1S/C21H24F2N2O.ClH/c1-2-24-21(26)25-13-11-17(12-14-25)20(15-3-7-18(22)8-4-15)16-5-9-19(23)10-6-16;/h3-10,17,20H,2,11-14H2,1H3,(H,24,26);1H. The average Bonchev–Trinajstić information content (AvgIpc) is 2.66. The maximum atomic E-state index is 13.4. The lowest BCUT2D eigenvalue weighted by Crippen LogP contribution is -2.45. The van der Waals surface area contributed by atoms with E-state index in [9.17, 15) is 13.6 Å². The molecule has 3 rings (SSSR count). The number of amides is 2. The molecule has 0 atom stereocenters. The first kappa shape index (κ1) is 21.2. The van der Waals surface area contributed by atoms with E-state index in [0.29, 0.717) is 25.6 Å². The average molecular weight is 395 g/mol. The Morgan fingerprint density at radius 3 is 1.85 bits per heavy atom. The number of nitrogens with one attached hydrogen (secondary N) is 1. The normalized spacial score (nSPS) is 14.7. The Kier molecular flexibility index (Phi) is 7.60. The van der Waals surface area contributed by atoms with E-state index in [-0.39, 0.29) is 36.0 Å². The molecule has 1 saturated heterocycles. The number of piperidine rings is 1. The van der Waals surface area contributed by atoms with Gasteiger partial charge in [0.25, 0.3) is 0 Å². The van der Waals surface area contributed by atoms with Crippen LogP contribution in [0, 0.1) is 17.6 Å². The van der Waals surface area contributed by atoms with Gasteiger partial charge in [0.1, 0.15) is 11.6 Å². The van der Waals surface area contributed by atoms with Crippen molar-refractivity contribution in [1.82, 2.24) is 10.2 Å². The minimum Gasteiger partial charge on any atom is -0.338 e. The second kappa shape index (κ2) is 9.70. The Morgan fingerprint density at radius 1 is 1.00 bits per heavy atom. The number of likely N-dealkylation sites (tertiary alicyclic amines) is 1. The quantitative estimate of drug-likeness (QED) is 0.781. The van der Waals surface area contributed by atoms with Crippen molar-refractivity contribution < 1.29 is 13.6 Å². The zero-order chi connectivity index (χ0) is 18.5. The summed E-state index contributed by atoms with van der Waals surface area (Å²) >= 11 is 0. The molecule has 0 aromatic heterocycles. The van der Waals surface area contributed by atoms with Crippen LogP contribution in [0.3, 0.4) is 0 Å². The lowest BCUT2D eigenvalue weighted by Gasteiger charge is -2.36. The zero-order valence-corrected chi connectivity index (χ0v) is 16.1. The van der Waals surface area contributed by atoms with Crippen LogP contribution in [0.15, 0.2) is 48.5 Å². The van der Waals surface area contributed by atoms with Crippen molar-refractivity contribution >= 4 is 18.4 Å². The van der Waals surface area contributed by atoms with E-state index in [0.717, 1.165) is 24.0 Å². The molecule has 0 spiro atoms. The molecule has 6 heteroatoms. The number of carbonyl (C=O) groups is 1. The van der Waals surface area contributed by atoms with Crippen LogP contribution in [0.2, 0.25) is 0 Å². The predicted molar refractivity (Wildman–Crippen MR) is 105 cm³/mol. The molecule has 27 heavy (non-hydrogen) atoms. The lowest BCUT2D eigenvalue weighted by molar-refractivity contribution is 0.166. The van der Waals surface area contributed by atoms with Crippen molar-refractivity contribution in [3.63, 3.8) is 0 Å². The number of rotatable bonds is 4. The SMILES string of the molecule is CCNC(=O)N1CCC(C(c2ccc(F)cc2)c2ccc(F)cc2)CC1.Cl. The molecular formula is C21H25ClF2N2O. The summed E-state index contributed by atoms with van der Waals surface area (Å²) < 4.78 is 26.7. The minimum atomic E-state index is -0.266. The van der Waals surface area contributed by atoms with Gasteiger partial charge in [-0.25, -0.2) is 13.6 Å². The van der Waals surface area contributed by atoms with E-state index in [1.165, 1.54) is 24.3 Å². The maximum absolute atomic E-state index is 13.4. The highest BCUT2D eigenvalue weighted by Crippen LogP contribution is 2.38. The summed E-state index contributed by atoms with van der Waals surface area (Å²) in [5, 5.41) is 2.84. The summed E-state index contributed by atoms with van der Waals surface area (Å²) in [7, 11) is 0. The molecule has 0 radical (unpaired) electrons. The molecule has 2 aromatic carbocycles. The van der Waals surface area contributed by atoms with Crippen LogP contribution < -0.4 is 5.32 Å². The highest BCUT2D eigenvalue weighted by atomic mass is 35.5. The number of hydrogen-bond donors (Lipinski definition) is 1. The number of carbonyl (C=O) groups excluding carboxylic acids is 1. The van der Waals surface area contributed by atoms with Gasteiger partial charge < -0.3 is 10.2 Å². The van der Waals surface area contributed by atoms with E-state index in [4.69, 9.17) is 0 Å². The van der Waals surface area contributed by atoms with Crippen molar-refractivity contribution in [2.45, 2.75) is 25.7 Å². The Balaban J connectivity index is 0.00000261. The molecule has 146 valence electrons. The van der Waals surface area contributed by atoms with Crippen LogP contribution >= 0.6 is 12.4 Å². The van der Waals surface area contributed by atoms with Gasteiger partial charge in [-0.05, 0) is 61.1 Å². The van der Waals surface area contributed by atoms with Crippen molar-refractivity contribution in [2.24, 2.45) is 5.92 Å². The molecule has 0 aliphatic carbocycles. The molecule has 0 bridgehead atoms. The number of halogens is 3. The fraction of sp³-hybridized carbons (Fsp3) is 0.381. The van der Waals surface area contributed by atoms with Gasteiger partial charge in [0.15, 0.2) is 0 Å². The Hall–Kier alpha value is -2.14. The fourth-order valence-corrected chi connectivity index (χ4v) is 3.78. The molecular weight excluding hydrogens is 370 g/mol. The van der Waals surface area contributed by atoms with Gasteiger partial charge in [0.2, 0.25) is 0 Å². The first-order valence-electron chi connectivity index (χ1n) is 9.12. The third kappa shape index (κ3) is 5.19. The van der Waals surface area contributed by atoms with Crippen molar-refractivity contribution in [1.29, 1.82) is 0 Å². The smallest absolute Gasteiger partial charge is 0.317 e. The largest absolute Gasteiger partial charge is 0.338 e. The number of urea groups is 1. The second-order valence-electron chi connectivity index (χ2n) is 6.74. The van der Waals surface area contributed by atoms with Crippen molar-refractivity contribution in [2.75, 3.05) is 19.6 Å². The fourth-order valence-electron chi connectivity index (χ4n) is 3.78. The molecule has 0 saturated carbocycles. The monoisotopic (exact) mass is 394 g/mol. The van der Waals surface area contributed by atoms with E-state index < -0.39 is 0 Å². The van der Waals surface area contributed by atoms with Gasteiger partial charge in [-0.1, -0.05) is 24.3 Å². The van der Waals surface area contributed by atoms with E-state index >= 15 is 0 Å². The molecule has 2 amide bonds. The predicted octanol–water partition coefficient (Wildman–Crippen LogP) is 4.96. The van der Waals surface area contributed by atoms with Gasteiger partial charge >= 0.3 is 6.03 Å². The van der Waals surface area contributed by atoms with Gasteiger partial charge in [0, 0.05) is 25.6 Å². The molecule has 1 aliphatic rings. The third-order valence-electron chi connectivity index (χ3n) is 5.08. The summed E-state index contributed by atoms with van der Waals surface area (Å²) in [6, 6.07) is 13.1. The van der Waals surface area contributed by atoms with Crippen molar-refractivity contribution in [3.05, 3.63) is 71.3 Å². The summed E-state index contributed by atoms with van der Waals surface area (Å²) in [6.45, 7) is 3.90. The topological polar surface area (TPSA) is 32.3 Å². The summed E-state index contributed by atoms with van der Waals surface area (Å²) in [5.74, 6) is -0.153. The zero-order valence-electron chi connectivity index (χ0n) is 15.3. The minimum absolute atomic E-state index is 0. The van der Waals surface area contributed by atoms with E-state index in [1.54, 1.807) is 24.3 Å². The highest BCUT2D eigenvalue weighted by molar-refractivity contribution is 5.85. The van der Waals surface area contributed by atoms with E-state index in [2.05, 4.69) is 5.32 Å². The van der Waals surface area contributed by atoms with Crippen LogP contribution in [-0.4, -0.2) is 30.6 Å². The van der Waals surface area contributed by atoms with Gasteiger partial charge in [0.05, 0.1) is 0 Å². The summed E-state index contributed by atoms with van der Waals surface area (Å²) in [4.78, 5) is 13.9. The van der Waals surface area contributed by atoms with Crippen LogP contribution in [0.5, 0.6) is 0 Å². The Bertz CT molecular complexity index is 683. The van der Waals surface area contributed by atoms with Crippen LogP contribution in [0.4, 0.5) is 13.6 Å². The summed E-state index contributed by atoms with van der Waals surface area (Å²) in [6.07, 6.45) is 1.72. The van der Waals surface area contributed by atoms with Crippen LogP contribution in [-0.2, 0) is 0 Å². The highest BCUT2D eigenvalue weighted by Gasteiger charge is 2.30. The van der Waals surface area contributed by atoms with Crippen molar-refractivity contribution in [3.8, 4) is 0 Å². The summed E-state index contributed by atoms with van der Waals surface area (Å²) in [5.41, 5.74) is 2.05. The molecule has 1 N–H and O–H groups in total. The first-order chi connectivity index (χ1) is 12.6. The molecule has 1 fully saturated rings. The lowest BCUT2D eigenvalue weighted by atomic mass is 9.76. The molecule has 1 heterocycles. The number of hydrogen-bond acceptors (Lipinski definition) is 1. The van der Waals surface area contributed by atoms with Gasteiger partial charge in [-0.3, -0.25) is 0 Å². The Morgan fingerprint density at radius 2 is 1.44 bits per heavy atom. The Labute approximate surface area is 165 Å². The number of benzene rings is 2. The second-order valence-corrected chi connectivity index (χ2v) is 6.74. The molecule has 2 aromatic rings. The maximum Gasteiger partial charge on any atom is 0.317 e. The van der Waals surface area contributed by atoms with Gasteiger partial charge in [-0.15, -0.1) is 12.4 Å². The molecule has 0 unspecified atom stereocenters. The first-order valence-corrected chi connectivity index (χ1v) is 9.12. The third-order valence-corrected chi connectivity index (χ3v) is 5.08.